The van der Waals surface area contributed by atoms with E-state index in [4.69, 9.17) is 0 Å². The van der Waals surface area contributed by atoms with Gasteiger partial charge in [-0.25, -0.2) is 0 Å². The van der Waals surface area contributed by atoms with Gasteiger partial charge in [0, 0.05) is 36.5 Å². The average molecular weight is 322 g/mol. The van der Waals surface area contributed by atoms with E-state index >= 15 is 0 Å². The highest BCUT2D eigenvalue weighted by molar-refractivity contribution is 5.96. The van der Waals surface area contributed by atoms with Crippen LogP contribution in [0, 0.1) is 0 Å². The number of pyridine rings is 1. The second kappa shape index (κ2) is 6.83. The molecule has 1 aromatic carbocycles. The van der Waals surface area contributed by atoms with Crippen LogP contribution in [0.25, 0.3) is 0 Å². The van der Waals surface area contributed by atoms with E-state index in [1.807, 2.05) is 68.2 Å². The molecule has 2 aromatic rings. The van der Waals surface area contributed by atoms with Gasteiger partial charge in [-0.15, -0.1) is 0 Å². The number of hydrogen-bond acceptors (Lipinski definition) is 4. The van der Waals surface area contributed by atoms with Gasteiger partial charge in [0.1, 0.15) is 5.49 Å². The molecule has 5 heteroatoms. The number of aromatic nitrogens is 1. The van der Waals surface area contributed by atoms with E-state index in [0.29, 0.717) is 11.1 Å². The molecule has 1 aliphatic rings. The Morgan fingerprint density at radius 1 is 1.17 bits per heavy atom. The van der Waals surface area contributed by atoms with Crippen LogP contribution in [-0.4, -0.2) is 28.8 Å². The van der Waals surface area contributed by atoms with Gasteiger partial charge in [-0.1, -0.05) is 6.07 Å². The van der Waals surface area contributed by atoms with E-state index < -0.39 is 0 Å². The highest BCUT2D eigenvalue weighted by Gasteiger charge is 2.14. The van der Waals surface area contributed by atoms with Gasteiger partial charge in [0.25, 0.3) is 5.91 Å². The minimum Gasteiger partial charge on any atom is -0.268 e. The van der Waals surface area contributed by atoms with Gasteiger partial charge in [0.2, 0.25) is 0 Å². The third kappa shape index (κ3) is 3.45. The number of carbonyl (C=O) groups excluding carboxylic acids is 1. The fraction of sp³-hybridized carbons (Fsp3) is 0.316. The Morgan fingerprint density at radius 2 is 1.92 bits per heavy atom. The molecule has 0 bridgehead atoms. The zero-order chi connectivity index (χ0) is 17.1. The summed E-state index contributed by atoms with van der Waals surface area (Å²) in [4.78, 5) is 17.3. The summed E-state index contributed by atoms with van der Waals surface area (Å²) in [7, 11) is 0. The fourth-order valence-corrected chi connectivity index (χ4v) is 2.65. The van der Waals surface area contributed by atoms with Gasteiger partial charge in [-0.3, -0.25) is 19.4 Å². The highest BCUT2D eigenvalue weighted by Crippen LogP contribution is 2.20. The standard InChI is InChI=1S/C19H22N4O/c1-14(2)20-18-6-4-5-12-22(18)19(24)16-7-9-17(10-8-16)23-13-11-15(3)21-23/h4-10,12,14H,11,13H2,1-3H3. The second-order valence-electron chi connectivity index (χ2n) is 6.21. The second-order valence-corrected chi connectivity index (χ2v) is 6.21. The molecule has 2 heterocycles. The van der Waals surface area contributed by atoms with Gasteiger partial charge >= 0.3 is 0 Å². The summed E-state index contributed by atoms with van der Waals surface area (Å²) in [5, 5.41) is 6.45. The molecule has 0 amide bonds. The van der Waals surface area contributed by atoms with Gasteiger partial charge in [-0.05, 0) is 57.2 Å². The predicted octanol–water partition coefficient (Wildman–Crippen LogP) is 3.07. The smallest absolute Gasteiger partial charge is 0.263 e. The van der Waals surface area contributed by atoms with E-state index in [2.05, 4.69) is 10.1 Å². The van der Waals surface area contributed by atoms with Crippen LogP contribution in [-0.2, 0) is 0 Å². The van der Waals surface area contributed by atoms with Crippen molar-refractivity contribution in [1.29, 1.82) is 0 Å². The highest BCUT2D eigenvalue weighted by atomic mass is 16.2. The Morgan fingerprint density at radius 3 is 2.54 bits per heavy atom. The Bertz CT molecular complexity index is 831. The quantitative estimate of drug-likeness (QED) is 0.872. The van der Waals surface area contributed by atoms with Crippen LogP contribution in [0.5, 0.6) is 0 Å². The molecule has 0 unspecified atom stereocenters. The molecule has 0 N–H and O–H groups in total. The fourth-order valence-electron chi connectivity index (χ4n) is 2.65. The molecule has 0 spiro atoms. The van der Waals surface area contributed by atoms with Crippen LogP contribution in [0.2, 0.25) is 0 Å². The Hall–Kier alpha value is -2.69. The Labute approximate surface area is 142 Å². The maximum atomic E-state index is 12.8. The van der Waals surface area contributed by atoms with Crippen molar-refractivity contribution < 1.29 is 4.79 Å². The first-order chi connectivity index (χ1) is 11.5. The minimum atomic E-state index is -0.0809. The molecule has 124 valence electrons. The molecule has 0 fully saturated rings. The third-order valence-electron chi connectivity index (χ3n) is 3.84. The number of hydrogen-bond donors (Lipinski definition) is 0. The summed E-state index contributed by atoms with van der Waals surface area (Å²) in [6, 6.07) is 13.3. The van der Waals surface area contributed by atoms with Crippen molar-refractivity contribution in [1.82, 2.24) is 4.57 Å². The number of rotatable bonds is 3. The largest absolute Gasteiger partial charge is 0.268 e. The van der Waals surface area contributed by atoms with Crippen molar-refractivity contribution in [3.8, 4) is 0 Å². The van der Waals surface area contributed by atoms with Crippen molar-refractivity contribution >= 4 is 17.3 Å². The third-order valence-corrected chi connectivity index (χ3v) is 3.84. The van der Waals surface area contributed by atoms with Crippen molar-refractivity contribution in [2.45, 2.75) is 33.2 Å². The first kappa shape index (κ1) is 16.2. The van der Waals surface area contributed by atoms with Crippen molar-refractivity contribution in [2.75, 3.05) is 11.6 Å². The van der Waals surface area contributed by atoms with Crippen molar-refractivity contribution in [3.05, 3.63) is 59.7 Å². The van der Waals surface area contributed by atoms with Crippen LogP contribution < -0.4 is 10.5 Å². The average Bonchev–Trinajstić information content (AvgIpc) is 3.01. The number of benzene rings is 1. The lowest BCUT2D eigenvalue weighted by Gasteiger charge is -2.14. The first-order valence-electron chi connectivity index (χ1n) is 8.22. The van der Waals surface area contributed by atoms with E-state index in [-0.39, 0.29) is 11.9 Å². The van der Waals surface area contributed by atoms with Gasteiger partial charge < -0.3 is 0 Å². The van der Waals surface area contributed by atoms with E-state index in [1.165, 1.54) is 0 Å². The van der Waals surface area contributed by atoms with Gasteiger partial charge in [-0.2, -0.15) is 5.10 Å². The van der Waals surface area contributed by atoms with E-state index in [9.17, 15) is 4.79 Å². The van der Waals surface area contributed by atoms with Crippen molar-refractivity contribution in [2.24, 2.45) is 10.1 Å². The van der Waals surface area contributed by atoms with Crippen LogP contribution in [0.3, 0.4) is 0 Å². The lowest BCUT2D eigenvalue weighted by Crippen LogP contribution is -2.28. The molecule has 0 atom stereocenters. The van der Waals surface area contributed by atoms with Crippen LogP contribution in [0.1, 0.15) is 37.6 Å². The summed E-state index contributed by atoms with van der Waals surface area (Å²) in [6.45, 7) is 6.91. The number of carbonyl (C=O) groups is 1. The van der Waals surface area contributed by atoms with Gasteiger partial charge in [0.05, 0.1) is 5.69 Å². The molecule has 0 saturated heterocycles. The monoisotopic (exact) mass is 322 g/mol. The van der Waals surface area contributed by atoms with Crippen molar-refractivity contribution in [3.63, 3.8) is 0 Å². The Balaban J connectivity index is 1.89. The van der Waals surface area contributed by atoms with E-state index in [0.717, 1.165) is 24.4 Å². The molecule has 1 aromatic heterocycles. The zero-order valence-corrected chi connectivity index (χ0v) is 14.3. The van der Waals surface area contributed by atoms with Crippen LogP contribution in [0.4, 0.5) is 5.69 Å². The molecule has 0 aliphatic carbocycles. The molecule has 3 rings (SSSR count). The molecular formula is C19H22N4O. The zero-order valence-electron chi connectivity index (χ0n) is 14.3. The molecular weight excluding hydrogens is 300 g/mol. The molecule has 0 saturated carbocycles. The van der Waals surface area contributed by atoms with Crippen LogP contribution in [0.15, 0.2) is 58.8 Å². The van der Waals surface area contributed by atoms with E-state index in [1.54, 1.807) is 10.8 Å². The summed E-state index contributed by atoms with van der Waals surface area (Å²) in [5.41, 5.74) is 3.44. The number of nitrogens with zero attached hydrogens (tertiary/aromatic N) is 4. The van der Waals surface area contributed by atoms with Crippen LogP contribution >= 0.6 is 0 Å². The summed E-state index contributed by atoms with van der Waals surface area (Å²) >= 11 is 0. The molecule has 24 heavy (non-hydrogen) atoms. The maximum Gasteiger partial charge on any atom is 0.263 e. The SMILES string of the molecule is CC1=NN(c2ccc(C(=O)n3ccccc3=NC(C)C)cc2)CC1. The van der Waals surface area contributed by atoms with Gasteiger partial charge in [0.15, 0.2) is 0 Å². The number of hydrazone groups is 1. The lowest BCUT2D eigenvalue weighted by molar-refractivity contribution is 0.0954. The molecule has 0 radical (unpaired) electrons. The lowest BCUT2D eigenvalue weighted by atomic mass is 10.2. The Kier molecular flexibility index (Phi) is 4.60. The summed E-state index contributed by atoms with van der Waals surface area (Å²) < 4.78 is 1.59. The molecule has 5 nitrogen and oxygen atoms in total. The summed E-state index contributed by atoms with van der Waals surface area (Å²) in [6.07, 6.45) is 2.74. The minimum absolute atomic E-state index is 0.0809. The summed E-state index contributed by atoms with van der Waals surface area (Å²) in [5.74, 6) is -0.0809. The normalized spacial score (nSPS) is 15.1. The predicted molar refractivity (Wildman–Crippen MR) is 96.4 cm³/mol. The maximum absolute atomic E-state index is 12.8. The topological polar surface area (TPSA) is 50.0 Å². The molecule has 1 aliphatic heterocycles. The first-order valence-corrected chi connectivity index (χ1v) is 8.22. The number of anilines is 1.